The lowest BCUT2D eigenvalue weighted by atomic mass is 10.0. The second kappa shape index (κ2) is 9.49. The maximum atomic E-state index is 13.8. The van der Waals surface area contributed by atoms with E-state index in [0.717, 1.165) is 46.1 Å². The Balaban J connectivity index is 1.76. The van der Waals surface area contributed by atoms with Gasteiger partial charge in [0.05, 0.1) is 35.2 Å². The van der Waals surface area contributed by atoms with Gasteiger partial charge in [-0.1, -0.05) is 0 Å². The zero-order chi connectivity index (χ0) is 27.8. The van der Waals surface area contributed by atoms with Gasteiger partial charge in [0.2, 0.25) is 5.96 Å². The smallest absolute Gasteiger partial charge is 0.369 e. The minimum absolute atomic E-state index is 0.0151. The van der Waals surface area contributed by atoms with E-state index in [1.165, 1.54) is 24.8 Å². The number of hydrogen-bond acceptors (Lipinski definition) is 5. The summed E-state index contributed by atoms with van der Waals surface area (Å²) in [6, 6.07) is 4.71. The number of rotatable bonds is 4. The van der Waals surface area contributed by atoms with Crippen LogP contribution >= 0.6 is 0 Å². The van der Waals surface area contributed by atoms with E-state index in [-0.39, 0.29) is 16.3 Å². The summed E-state index contributed by atoms with van der Waals surface area (Å²) < 4.78 is 84.7. The highest BCUT2D eigenvalue weighted by atomic mass is 19.4. The molecular formula is C23H15F6N7O2. The van der Waals surface area contributed by atoms with Gasteiger partial charge >= 0.3 is 12.4 Å². The fraction of sp³-hybridized carbons (Fsp3) is 0.0870. The Morgan fingerprint density at radius 3 is 1.45 bits per heavy atom. The lowest BCUT2D eigenvalue weighted by Gasteiger charge is -2.21. The maximum Gasteiger partial charge on any atom is 0.418 e. The quantitative estimate of drug-likeness (QED) is 0.175. The number of imide groups is 1. The van der Waals surface area contributed by atoms with E-state index in [9.17, 15) is 35.9 Å². The summed E-state index contributed by atoms with van der Waals surface area (Å²) in [7, 11) is 0. The number of guanidine groups is 1. The van der Waals surface area contributed by atoms with Gasteiger partial charge in [0.25, 0.3) is 11.8 Å². The Labute approximate surface area is 209 Å². The van der Waals surface area contributed by atoms with Gasteiger partial charge in [-0.2, -0.15) is 26.3 Å². The average Bonchev–Trinajstić information content (AvgIpc) is 3.56. The molecular weight excluding hydrogens is 520 g/mol. The van der Waals surface area contributed by atoms with E-state index in [2.05, 4.69) is 9.97 Å². The van der Waals surface area contributed by atoms with Crippen molar-refractivity contribution in [1.29, 1.82) is 5.41 Å². The van der Waals surface area contributed by atoms with Crippen LogP contribution in [0.2, 0.25) is 0 Å². The van der Waals surface area contributed by atoms with Crippen LogP contribution in [0.5, 0.6) is 0 Å². The molecule has 0 spiro atoms. The minimum Gasteiger partial charge on any atom is -0.369 e. The van der Waals surface area contributed by atoms with E-state index in [1.807, 2.05) is 0 Å². The summed E-state index contributed by atoms with van der Waals surface area (Å²) in [6.07, 6.45) is -2.72. The first kappa shape index (κ1) is 26.1. The molecule has 2 aromatic carbocycles. The molecule has 2 aromatic heterocycles. The first-order valence-electron chi connectivity index (χ1n) is 10.4. The molecule has 0 aliphatic rings. The zero-order valence-electron chi connectivity index (χ0n) is 18.8. The summed E-state index contributed by atoms with van der Waals surface area (Å²) in [5, 5.41) is 7.67. The van der Waals surface area contributed by atoms with Crippen molar-refractivity contribution >= 4 is 17.8 Å². The minimum atomic E-state index is -4.94. The fourth-order valence-electron chi connectivity index (χ4n) is 3.62. The largest absolute Gasteiger partial charge is 0.418 e. The Morgan fingerprint density at radius 2 is 1.16 bits per heavy atom. The Kier molecular flexibility index (Phi) is 6.53. The summed E-state index contributed by atoms with van der Waals surface area (Å²) in [5.41, 5.74) is 0.724. The number of nitrogens with one attached hydrogen (secondary N) is 1. The number of carbonyl (C=O) groups excluding carboxylic acids is 2. The van der Waals surface area contributed by atoms with E-state index >= 15 is 0 Å². The molecule has 9 nitrogen and oxygen atoms in total. The lowest BCUT2D eigenvalue weighted by Crippen LogP contribution is -2.45. The molecule has 0 atom stereocenters. The van der Waals surface area contributed by atoms with Crippen LogP contribution in [0.15, 0.2) is 73.8 Å². The third-order valence-electron chi connectivity index (χ3n) is 5.31. The molecule has 3 N–H and O–H groups in total. The molecule has 0 aliphatic heterocycles. The highest BCUT2D eigenvalue weighted by molar-refractivity contribution is 6.20. The van der Waals surface area contributed by atoms with Gasteiger partial charge in [-0.25, -0.2) is 14.9 Å². The van der Waals surface area contributed by atoms with Crippen LogP contribution in [0.25, 0.3) is 11.4 Å². The molecule has 0 saturated carbocycles. The van der Waals surface area contributed by atoms with Crippen LogP contribution < -0.4 is 5.73 Å². The lowest BCUT2D eigenvalue weighted by molar-refractivity contribution is -0.138. The van der Waals surface area contributed by atoms with Crippen LogP contribution in [0.1, 0.15) is 31.8 Å². The number of benzene rings is 2. The maximum absolute atomic E-state index is 13.8. The van der Waals surface area contributed by atoms with Crippen molar-refractivity contribution in [3.63, 3.8) is 0 Å². The van der Waals surface area contributed by atoms with Crippen molar-refractivity contribution in [2.75, 3.05) is 0 Å². The SMILES string of the molecule is N=C(N)N(C(=O)c1ccc(-n2ccnc2)c(C(F)(F)F)c1)C(=O)c1ccc(-n2ccnc2)c(C(F)(F)F)c1. The third-order valence-corrected chi connectivity index (χ3v) is 5.31. The fourth-order valence-corrected chi connectivity index (χ4v) is 3.62. The van der Waals surface area contributed by atoms with Crippen LogP contribution in [0, 0.1) is 5.41 Å². The van der Waals surface area contributed by atoms with Gasteiger partial charge in [-0.15, -0.1) is 0 Å². The summed E-state index contributed by atoms with van der Waals surface area (Å²) in [5.74, 6) is -4.10. The van der Waals surface area contributed by atoms with Gasteiger partial charge in [-0.05, 0) is 36.4 Å². The highest BCUT2D eigenvalue weighted by Gasteiger charge is 2.38. The van der Waals surface area contributed by atoms with Crippen LogP contribution in [-0.2, 0) is 12.4 Å². The summed E-state index contributed by atoms with van der Waals surface area (Å²) in [4.78, 5) is 33.5. The predicted molar refractivity (Wildman–Crippen MR) is 120 cm³/mol. The summed E-state index contributed by atoms with van der Waals surface area (Å²) >= 11 is 0. The number of nitrogens with two attached hydrogens (primary N) is 1. The first-order chi connectivity index (χ1) is 17.8. The van der Waals surface area contributed by atoms with Gasteiger partial charge in [0, 0.05) is 35.9 Å². The van der Waals surface area contributed by atoms with E-state index in [0.29, 0.717) is 12.1 Å². The number of hydrogen-bond donors (Lipinski definition) is 2. The van der Waals surface area contributed by atoms with Crippen molar-refractivity contribution in [2.24, 2.45) is 5.73 Å². The Bertz CT molecular complexity index is 1400. The van der Waals surface area contributed by atoms with E-state index < -0.39 is 52.4 Å². The first-order valence-corrected chi connectivity index (χ1v) is 10.4. The van der Waals surface area contributed by atoms with Gasteiger partial charge < -0.3 is 14.9 Å². The number of carbonyl (C=O) groups is 2. The number of halogens is 6. The van der Waals surface area contributed by atoms with Crippen molar-refractivity contribution < 1.29 is 35.9 Å². The Morgan fingerprint density at radius 1 is 0.763 bits per heavy atom. The molecule has 2 amide bonds. The van der Waals surface area contributed by atoms with E-state index in [1.54, 1.807) is 0 Å². The number of aromatic nitrogens is 4. The van der Waals surface area contributed by atoms with Crippen LogP contribution in [0.4, 0.5) is 26.3 Å². The molecule has 0 aliphatic carbocycles. The molecule has 196 valence electrons. The third kappa shape index (κ3) is 4.98. The molecule has 2 heterocycles. The Hall–Kier alpha value is -4.95. The van der Waals surface area contributed by atoms with Gasteiger partial charge in [0.1, 0.15) is 0 Å². The summed E-state index contributed by atoms with van der Waals surface area (Å²) in [6.45, 7) is 0. The van der Waals surface area contributed by atoms with Crippen LogP contribution in [-0.4, -0.2) is 41.8 Å². The van der Waals surface area contributed by atoms with Crippen molar-refractivity contribution in [3.05, 3.63) is 96.1 Å². The van der Waals surface area contributed by atoms with E-state index in [4.69, 9.17) is 11.1 Å². The number of alkyl halides is 6. The second-order valence-electron chi connectivity index (χ2n) is 7.73. The van der Waals surface area contributed by atoms with Gasteiger partial charge in [-0.3, -0.25) is 15.0 Å². The predicted octanol–water partition coefficient (Wildman–Crippen LogP) is 4.27. The number of imidazole rings is 2. The van der Waals surface area contributed by atoms with Crippen molar-refractivity contribution in [2.45, 2.75) is 12.4 Å². The normalized spacial score (nSPS) is 11.8. The molecule has 15 heteroatoms. The van der Waals surface area contributed by atoms with Crippen molar-refractivity contribution in [3.8, 4) is 11.4 Å². The molecule has 38 heavy (non-hydrogen) atoms. The number of amides is 2. The molecule has 4 rings (SSSR count). The molecule has 4 aromatic rings. The van der Waals surface area contributed by atoms with Crippen LogP contribution in [0.3, 0.4) is 0 Å². The monoisotopic (exact) mass is 535 g/mol. The standard InChI is InChI=1S/C23H15F6N7O2/c24-22(25,26)15-9-13(1-3-17(15)34-7-5-32-11-34)19(37)36(21(30)31)20(38)14-2-4-18(35-8-6-33-12-35)16(10-14)23(27,28)29/h1-12H,(H3,30,31). The average molecular weight is 535 g/mol. The number of nitrogens with zero attached hydrogens (tertiary/aromatic N) is 5. The topological polar surface area (TPSA) is 123 Å². The second-order valence-corrected chi connectivity index (χ2v) is 7.73. The van der Waals surface area contributed by atoms with Gasteiger partial charge in [0.15, 0.2) is 0 Å². The molecule has 0 saturated heterocycles. The molecule has 0 bridgehead atoms. The molecule has 0 unspecified atom stereocenters. The zero-order valence-corrected chi connectivity index (χ0v) is 18.8. The molecule has 0 fully saturated rings. The van der Waals surface area contributed by atoms with Crippen molar-refractivity contribution in [1.82, 2.24) is 24.0 Å². The molecule has 0 radical (unpaired) electrons. The highest BCUT2D eigenvalue weighted by Crippen LogP contribution is 2.36.